The summed E-state index contributed by atoms with van der Waals surface area (Å²) < 4.78 is 10.4. The molecule has 0 saturated carbocycles. The predicted octanol–water partition coefficient (Wildman–Crippen LogP) is 1.76. The van der Waals surface area contributed by atoms with Gasteiger partial charge in [-0.25, -0.2) is 4.79 Å². The van der Waals surface area contributed by atoms with Crippen molar-refractivity contribution in [2.75, 3.05) is 12.1 Å². The summed E-state index contributed by atoms with van der Waals surface area (Å²) >= 11 is 0. The van der Waals surface area contributed by atoms with Gasteiger partial charge in [-0.15, -0.1) is 0 Å². The largest absolute Gasteiger partial charge is 0.478 e. The Hall–Kier alpha value is -3.09. The number of nitrogens with one attached hydrogen (secondary N) is 1. The number of nitrogens with zero attached hydrogens (tertiary/aromatic N) is 1. The van der Waals surface area contributed by atoms with Crippen LogP contribution in [0.4, 0.5) is 5.69 Å². The van der Waals surface area contributed by atoms with E-state index in [1.807, 2.05) is 0 Å². The number of carbonyl (C=O) groups excluding carboxylic acids is 1. The van der Waals surface area contributed by atoms with Crippen LogP contribution >= 0.6 is 0 Å². The van der Waals surface area contributed by atoms with Crippen molar-refractivity contribution in [3.8, 4) is 11.5 Å². The van der Waals surface area contributed by atoms with E-state index in [0.29, 0.717) is 17.2 Å². The first-order chi connectivity index (χ1) is 10.1. The molecule has 0 saturated heterocycles. The highest BCUT2D eigenvalue weighted by atomic mass is 16.7. The number of fused-ring (bicyclic) bond motifs is 1. The van der Waals surface area contributed by atoms with Gasteiger partial charge >= 0.3 is 5.97 Å². The van der Waals surface area contributed by atoms with Crippen molar-refractivity contribution in [1.82, 2.24) is 4.98 Å². The standard InChI is InChI=1S/C14H10N2O5/c17-13(12-9(14(18)19)2-1-5-15-12)16-8-3-4-10-11(6-8)21-7-20-10/h1-6H,7H2,(H,16,17)(H,18,19). The molecule has 0 bridgehead atoms. The smallest absolute Gasteiger partial charge is 0.338 e. The van der Waals surface area contributed by atoms with E-state index in [0.717, 1.165) is 0 Å². The fourth-order valence-corrected chi connectivity index (χ4v) is 1.92. The number of carbonyl (C=O) groups is 2. The van der Waals surface area contributed by atoms with Crippen LogP contribution in [0.1, 0.15) is 20.8 Å². The van der Waals surface area contributed by atoms with Gasteiger partial charge < -0.3 is 19.9 Å². The number of hydrogen-bond acceptors (Lipinski definition) is 5. The van der Waals surface area contributed by atoms with Crippen molar-refractivity contribution < 1.29 is 24.2 Å². The fourth-order valence-electron chi connectivity index (χ4n) is 1.92. The second-order valence-electron chi connectivity index (χ2n) is 4.23. The molecule has 21 heavy (non-hydrogen) atoms. The Balaban J connectivity index is 1.85. The van der Waals surface area contributed by atoms with Crippen LogP contribution in [0.3, 0.4) is 0 Å². The Bertz CT molecular complexity index is 729. The van der Waals surface area contributed by atoms with Gasteiger partial charge in [-0.05, 0) is 24.3 Å². The van der Waals surface area contributed by atoms with Crippen molar-refractivity contribution in [1.29, 1.82) is 0 Å². The molecule has 7 nitrogen and oxygen atoms in total. The number of hydrogen-bond donors (Lipinski definition) is 2. The van der Waals surface area contributed by atoms with Gasteiger partial charge in [0.05, 0.1) is 5.56 Å². The second kappa shape index (κ2) is 5.12. The molecule has 2 aromatic rings. The number of rotatable bonds is 3. The molecule has 0 aliphatic carbocycles. The van der Waals surface area contributed by atoms with Gasteiger partial charge in [-0.1, -0.05) is 0 Å². The zero-order valence-corrected chi connectivity index (χ0v) is 10.7. The monoisotopic (exact) mass is 286 g/mol. The van der Waals surface area contributed by atoms with E-state index in [2.05, 4.69) is 10.3 Å². The molecule has 2 N–H and O–H groups in total. The van der Waals surface area contributed by atoms with Gasteiger partial charge in [0.15, 0.2) is 11.5 Å². The maximum Gasteiger partial charge on any atom is 0.338 e. The molecular weight excluding hydrogens is 276 g/mol. The van der Waals surface area contributed by atoms with E-state index in [-0.39, 0.29) is 18.1 Å². The minimum Gasteiger partial charge on any atom is -0.478 e. The topological polar surface area (TPSA) is 97.8 Å². The lowest BCUT2D eigenvalue weighted by Crippen LogP contribution is -2.18. The van der Waals surface area contributed by atoms with Gasteiger partial charge in [0, 0.05) is 18.0 Å². The summed E-state index contributed by atoms with van der Waals surface area (Å²) in [6.07, 6.45) is 1.36. The van der Waals surface area contributed by atoms with E-state index in [4.69, 9.17) is 14.6 Å². The third-order valence-electron chi connectivity index (χ3n) is 2.88. The number of pyridine rings is 1. The summed E-state index contributed by atoms with van der Waals surface area (Å²) in [7, 11) is 0. The molecule has 1 aliphatic rings. The number of amides is 1. The van der Waals surface area contributed by atoms with Crippen LogP contribution < -0.4 is 14.8 Å². The quantitative estimate of drug-likeness (QED) is 0.892. The Morgan fingerprint density at radius 3 is 2.81 bits per heavy atom. The van der Waals surface area contributed by atoms with Crippen molar-refractivity contribution >= 4 is 17.6 Å². The molecule has 1 amide bonds. The van der Waals surface area contributed by atoms with Crippen LogP contribution in [-0.4, -0.2) is 28.8 Å². The van der Waals surface area contributed by atoms with E-state index >= 15 is 0 Å². The molecule has 0 fully saturated rings. The summed E-state index contributed by atoms with van der Waals surface area (Å²) in [5.41, 5.74) is 0.157. The maximum atomic E-state index is 12.1. The van der Waals surface area contributed by atoms with E-state index in [1.165, 1.54) is 18.3 Å². The van der Waals surface area contributed by atoms with Crippen LogP contribution in [0.2, 0.25) is 0 Å². The molecule has 1 aromatic heterocycles. The molecule has 0 unspecified atom stereocenters. The molecular formula is C14H10N2O5. The summed E-state index contributed by atoms with van der Waals surface area (Å²) in [6.45, 7) is 0.135. The van der Waals surface area contributed by atoms with Crippen LogP contribution in [0, 0.1) is 0 Å². The molecule has 0 atom stereocenters. The number of benzene rings is 1. The highest BCUT2D eigenvalue weighted by molar-refractivity contribution is 6.09. The third-order valence-corrected chi connectivity index (χ3v) is 2.88. The summed E-state index contributed by atoms with van der Waals surface area (Å²) in [5, 5.41) is 11.6. The zero-order chi connectivity index (χ0) is 14.8. The lowest BCUT2D eigenvalue weighted by molar-refractivity contribution is 0.0691. The van der Waals surface area contributed by atoms with E-state index < -0.39 is 11.9 Å². The minimum absolute atomic E-state index is 0.135. The van der Waals surface area contributed by atoms with E-state index in [1.54, 1.807) is 18.2 Å². The number of carboxylic acid groups (broad SMARTS) is 1. The van der Waals surface area contributed by atoms with Crippen molar-refractivity contribution in [2.45, 2.75) is 0 Å². The van der Waals surface area contributed by atoms with Crippen LogP contribution in [-0.2, 0) is 0 Å². The number of carboxylic acids is 1. The Morgan fingerprint density at radius 1 is 1.19 bits per heavy atom. The van der Waals surface area contributed by atoms with Gasteiger partial charge in [0.25, 0.3) is 5.91 Å². The predicted molar refractivity (Wildman–Crippen MR) is 71.7 cm³/mol. The molecule has 106 valence electrons. The fraction of sp³-hybridized carbons (Fsp3) is 0.0714. The van der Waals surface area contributed by atoms with Crippen LogP contribution in [0.25, 0.3) is 0 Å². The van der Waals surface area contributed by atoms with Crippen molar-refractivity contribution in [3.05, 3.63) is 47.8 Å². The second-order valence-corrected chi connectivity index (χ2v) is 4.23. The minimum atomic E-state index is -1.21. The van der Waals surface area contributed by atoms with Crippen molar-refractivity contribution in [3.63, 3.8) is 0 Å². The number of anilines is 1. The van der Waals surface area contributed by atoms with Crippen LogP contribution in [0.5, 0.6) is 11.5 Å². The van der Waals surface area contributed by atoms with Crippen molar-refractivity contribution in [2.24, 2.45) is 0 Å². The maximum absolute atomic E-state index is 12.1. The third kappa shape index (κ3) is 2.48. The summed E-state index contributed by atoms with van der Waals surface area (Å²) in [6, 6.07) is 7.68. The molecule has 3 rings (SSSR count). The SMILES string of the molecule is O=C(O)c1cccnc1C(=O)Nc1ccc2c(c1)OCO2. The van der Waals surface area contributed by atoms with Crippen LogP contribution in [0.15, 0.2) is 36.5 Å². The van der Waals surface area contributed by atoms with Gasteiger partial charge in [-0.2, -0.15) is 0 Å². The number of ether oxygens (including phenoxy) is 2. The average molecular weight is 286 g/mol. The van der Waals surface area contributed by atoms with E-state index in [9.17, 15) is 9.59 Å². The molecule has 7 heteroatoms. The first kappa shape index (κ1) is 12.9. The van der Waals surface area contributed by atoms with Gasteiger partial charge in [0.1, 0.15) is 5.69 Å². The molecule has 0 radical (unpaired) electrons. The molecule has 1 aliphatic heterocycles. The Kier molecular flexibility index (Phi) is 3.15. The zero-order valence-electron chi connectivity index (χ0n) is 10.7. The number of aromatic nitrogens is 1. The summed E-state index contributed by atoms with van der Waals surface area (Å²) in [4.78, 5) is 27.0. The normalized spacial score (nSPS) is 12.0. The highest BCUT2D eigenvalue weighted by Gasteiger charge is 2.19. The van der Waals surface area contributed by atoms with Gasteiger partial charge in [-0.3, -0.25) is 9.78 Å². The first-order valence-corrected chi connectivity index (χ1v) is 6.04. The molecule has 2 heterocycles. The number of aromatic carboxylic acids is 1. The first-order valence-electron chi connectivity index (χ1n) is 6.04. The Morgan fingerprint density at radius 2 is 2.00 bits per heavy atom. The van der Waals surface area contributed by atoms with Gasteiger partial charge in [0.2, 0.25) is 6.79 Å². The molecule has 1 aromatic carbocycles. The Labute approximate surface area is 119 Å². The average Bonchev–Trinajstić information content (AvgIpc) is 2.94. The lowest BCUT2D eigenvalue weighted by Gasteiger charge is -2.07. The lowest BCUT2D eigenvalue weighted by atomic mass is 10.2. The summed E-state index contributed by atoms with van der Waals surface area (Å²) in [5.74, 6) is -0.699. The molecule has 0 spiro atoms. The highest BCUT2D eigenvalue weighted by Crippen LogP contribution is 2.34.